The molecule has 0 N–H and O–H groups in total. The number of aromatic nitrogens is 9. The van der Waals surface area contributed by atoms with Gasteiger partial charge in [0.25, 0.3) is 0 Å². The molecule has 0 unspecified atom stereocenters. The van der Waals surface area contributed by atoms with Gasteiger partial charge in [-0.05, 0) is 153 Å². The minimum absolute atomic E-state index is 0.00205. The van der Waals surface area contributed by atoms with Crippen molar-refractivity contribution in [2.75, 3.05) is 0 Å². The average molecular weight is 1440 g/mol. The van der Waals surface area contributed by atoms with Crippen LogP contribution in [0, 0.1) is 72.7 Å². The monoisotopic (exact) mass is 1440 g/mol. The maximum atomic E-state index is 15.2. The normalized spacial score (nSPS) is 23.4. The summed E-state index contributed by atoms with van der Waals surface area (Å²) in [6.45, 7) is 36.8. The van der Waals surface area contributed by atoms with Gasteiger partial charge in [0.15, 0.2) is 34.8 Å². The Hall–Kier alpha value is -12.5. The first-order valence-electron chi connectivity index (χ1n) is 36.9. The van der Waals surface area contributed by atoms with Crippen LogP contribution in [-0.2, 0) is 56.3 Å². The number of hydrogen-bond acceptors (Lipinski definition) is 12. The fourth-order valence-electron chi connectivity index (χ4n) is 18.6. The van der Waals surface area contributed by atoms with E-state index in [1.165, 1.54) is 23.8 Å². The molecule has 15 nitrogen and oxygen atoms in total. The fourth-order valence-corrected chi connectivity index (χ4v) is 18.6. The minimum atomic E-state index is -0.651. The van der Waals surface area contributed by atoms with Gasteiger partial charge in [-0.15, -0.1) is 0 Å². The van der Waals surface area contributed by atoms with Gasteiger partial charge in [-0.25, -0.2) is 57.6 Å². The molecule has 6 heterocycles. The summed E-state index contributed by atoms with van der Waals surface area (Å²) in [7, 11) is 0. The van der Waals surface area contributed by atoms with Crippen LogP contribution in [0.3, 0.4) is 0 Å². The maximum Gasteiger partial charge on any atom is 0.226 e. The molecular formula is C91H73F3N12O3. The number of nitrogens with zero attached hydrogens (tertiary/aromatic N) is 12. The van der Waals surface area contributed by atoms with Gasteiger partial charge in [-0.2, -0.15) is 0 Å². The van der Waals surface area contributed by atoms with Crippen molar-refractivity contribution in [3.05, 3.63) is 296 Å². The Morgan fingerprint density at radius 1 is 0.431 bits per heavy atom. The molecule has 18 rings (SSSR count). The van der Waals surface area contributed by atoms with Crippen LogP contribution in [0.1, 0.15) is 119 Å². The highest BCUT2D eigenvalue weighted by Crippen LogP contribution is 2.55. The van der Waals surface area contributed by atoms with Crippen LogP contribution in [-0.4, -0.2) is 62.2 Å². The van der Waals surface area contributed by atoms with Crippen molar-refractivity contribution in [2.45, 2.75) is 116 Å². The molecule has 0 radical (unpaired) electrons. The fraction of sp³-hybridized carbons (Fsp3) is 0.264. The third-order valence-corrected chi connectivity index (χ3v) is 24.1. The molecule has 6 aromatic heterocycles. The lowest BCUT2D eigenvalue weighted by Gasteiger charge is -2.46. The molecular weight excluding hydrogens is 1370 g/mol. The van der Waals surface area contributed by atoms with E-state index in [2.05, 4.69) is 56.3 Å². The molecule has 5 aromatic carbocycles. The SMILES string of the molecule is [C-]#[N+]C1=C[C@@]2(C)c3nc(-c4cccc5ncccc45)nc(-c4ccccc4F)c3CC[C@@H]2[C@@H](C)C1=O.[C-]#[N+]C1=C[C@@]2(C)c3nc(-c4cnc5ccccc5c4)nc(-c4ccccc4F)c3CC[C@@H]2[C@@H](C)C1=O.[C-]#[N+]C1=C[C@@]2(C)c3nc(-c4cncc5c4CCC=C5C)nc(-c4ccccc4F)c3CC[C@@H]2[C@@H](C)C1=O. The number of hydrogen-bond donors (Lipinski definition) is 0. The summed E-state index contributed by atoms with van der Waals surface area (Å²) >= 11 is 0. The van der Waals surface area contributed by atoms with Crippen LogP contribution >= 0.6 is 0 Å². The highest BCUT2D eigenvalue weighted by atomic mass is 19.1. The first-order valence-corrected chi connectivity index (χ1v) is 36.9. The van der Waals surface area contributed by atoms with Crippen molar-refractivity contribution in [1.82, 2.24) is 44.9 Å². The predicted octanol–water partition coefficient (Wildman–Crippen LogP) is 19.2. The van der Waals surface area contributed by atoms with Crippen LogP contribution in [0.15, 0.2) is 200 Å². The summed E-state index contributed by atoms with van der Waals surface area (Å²) in [6, 6.07) is 39.5. The van der Waals surface area contributed by atoms with Crippen LogP contribution in [0.4, 0.5) is 13.2 Å². The number of ketones is 3. The molecule has 0 aliphatic heterocycles. The highest BCUT2D eigenvalue weighted by Gasteiger charge is 2.53. The minimum Gasteiger partial charge on any atom is -0.308 e. The van der Waals surface area contributed by atoms with Gasteiger partial charge in [-0.3, -0.25) is 15.0 Å². The maximum absolute atomic E-state index is 15.2. The van der Waals surface area contributed by atoms with E-state index in [9.17, 15) is 14.4 Å². The van der Waals surface area contributed by atoms with E-state index in [0.29, 0.717) is 70.5 Å². The van der Waals surface area contributed by atoms with E-state index in [-0.39, 0.29) is 87.4 Å². The molecule has 0 fully saturated rings. The van der Waals surface area contributed by atoms with E-state index < -0.39 is 16.2 Å². The number of para-hydroxylation sites is 1. The molecule has 0 bridgehead atoms. The number of benzene rings is 5. The zero-order valence-corrected chi connectivity index (χ0v) is 61.2. The van der Waals surface area contributed by atoms with Gasteiger partial charge in [0.1, 0.15) is 17.5 Å². The van der Waals surface area contributed by atoms with Gasteiger partial charge in [0.05, 0.1) is 64.9 Å². The van der Waals surface area contributed by atoms with E-state index in [1.54, 1.807) is 85.3 Å². The van der Waals surface area contributed by atoms with E-state index in [0.717, 1.165) is 115 Å². The van der Waals surface area contributed by atoms with Gasteiger partial charge in [0.2, 0.25) is 17.1 Å². The Kier molecular flexibility index (Phi) is 18.0. The zero-order valence-electron chi connectivity index (χ0n) is 61.2. The van der Waals surface area contributed by atoms with E-state index in [4.69, 9.17) is 49.6 Å². The Morgan fingerprint density at radius 3 is 1.34 bits per heavy atom. The Balaban J connectivity index is 0.000000124. The van der Waals surface area contributed by atoms with Crippen molar-refractivity contribution in [1.29, 1.82) is 0 Å². The zero-order chi connectivity index (χ0) is 75.9. The number of allylic oxidation sites excluding steroid dienone is 8. The predicted molar refractivity (Wildman–Crippen MR) is 413 cm³/mol. The molecule has 7 aliphatic carbocycles. The Morgan fingerprint density at radius 2 is 0.853 bits per heavy atom. The molecule has 536 valence electrons. The number of fused-ring (bicyclic) bond motifs is 12. The van der Waals surface area contributed by atoms with Crippen molar-refractivity contribution in [3.63, 3.8) is 0 Å². The van der Waals surface area contributed by atoms with E-state index in [1.807, 2.05) is 101 Å². The summed E-state index contributed by atoms with van der Waals surface area (Å²) in [5.74, 6) is -0.803. The van der Waals surface area contributed by atoms with Crippen LogP contribution in [0.5, 0.6) is 0 Å². The summed E-state index contributed by atoms with van der Waals surface area (Å²) in [5.41, 5.74) is 14.0. The molecule has 7 aliphatic rings. The molecule has 0 saturated heterocycles. The van der Waals surface area contributed by atoms with Gasteiger partial charge in [0, 0.05) is 120 Å². The number of Topliss-reactive ketones (excluding diaryl/α,β-unsaturated/α-hetero) is 3. The second-order valence-electron chi connectivity index (χ2n) is 30.2. The number of rotatable bonds is 6. The molecule has 18 heteroatoms. The van der Waals surface area contributed by atoms with Crippen LogP contribution < -0.4 is 0 Å². The second kappa shape index (κ2) is 27.7. The van der Waals surface area contributed by atoms with Gasteiger partial charge < -0.3 is 14.4 Å². The lowest BCUT2D eigenvalue weighted by atomic mass is 9.58. The summed E-state index contributed by atoms with van der Waals surface area (Å²) in [6.07, 6.45) is 20.7. The molecule has 109 heavy (non-hydrogen) atoms. The first-order chi connectivity index (χ1) is 52.7. The smallest absolute Gasteiger partial charge is 0.226 e. The number of carbonyl (C=O) groups is 3. The third kappa shape index (κ3) is 11.9. The quantitative estimate of drug-likeness (QED) is 0.144. The first kappa shape index (κ1) is 70.8. The van der Waals surface area contributed by atoms with Crippen LogP contribution in [0.25, 0.3) is 110 Å². The second-order valence-corrected chi connectivity index (χ2v) is 30.2. The largest absolute Gasteiger partial charge is 0.308 e. The molecule has 0 saturated carbocycles. The van der Waals surface area contributed by atoms with Crippen molar-refractivity contribution >= 4 is 44.7 Å². The molecule has 0 amide bonds. The number of carbonyl (C=O) groups excluding carboxylic acids is 3. The van der Waals surface area contributed by atoms with Crippen LogP contribution in [0.2, 0.25) is 0 Å². The van der Waals surface area contributed by atoms with E-state index >= 15 is 13.2 Å². The summed E-state index contributed by atoms with van der Waals surface area (Å²) in [4.78, 5) is 93.0. The van der Waals surface area contributed by atoms with Crippen molar-refractivity contribution in [3.8, 4) is 67.9 Å². The average Bonchev–Trinajstić information content (AvgIpc) is 0.724. The van der Waals surface area contributed by atoms with Crippen molar-refractivity contribution < 1.29 is 27.6 Å². The van der Waals surface area contributed by atoms with Crippen molar-refractivity contribution in [2.24, 2.45) is 35.5 Å². The lowest BCUT2D eigenvalue weighted by Crippen LogP contribution is -2.46. The molecule has 9 atom stereocenters. The Labute approximate surface area is 629 Å². The summed E-state index contributed by atoms with van der Waals surface area (Å²) in [5, 5.41) is 1.86. The molecule has 0 spiro atoms. The third-order valence-electron chi connectivity index (χ3n) is 24.1. The molecule has 11 aromatic rings. The van der Waals surface area contributed by atoms with Gasteiger partial charge in [-0.1, -0.05) is 139 Å². The lowest BCUT2D eigenvalue weighted by molar-refractivity contribution is -0.122. The number of pyridine rings is 3. The topological polar surface area (TPSA) is 180 Å². The summed E-state index contributed by atoms with van der Waals surface area (Å²) < 4.78 is 45.4. The highest BCUT2D eigenvalue weighted by molar-refractivity contribution is 6.02. The number of halogens is 3. The Bertz CT molecular complexity index is 5990. The standard InChI is InChI=1S/C31H27FN4O.2C30H23FN4O/c1-17-8-7-10-19-22(17)15-34-16-23(19)30-35-27(20-9-5-6-11-25(20)32)21-12-13-24-18(2)28(37)26(33-4)14-31(24,3)29(21)36-30;1-17-22-13-12-21-26(20-9-5-6-10-23(20)31)34-29(19-14-18-8-4-7-11-24(18)33-16-19)35-28(21)30(22,2)15-25(32-3)27(17)36;1-17-22-14-13-21-26(20-8-4-5-11-23(20)31)34-29(19-9-6-12-24-18(19)10-7-15-33-24)35-28(21)30(22,2)16-25(32-3)27(17)36/h5-6,8-9,11,14-16,18,24H,7,10,12-13H2,1-3H3;4-11,14-17,22H,12-13H2,1-2H3;4-12,15-17,22H,13-14H2,1-2H3/t18-,24-,31-;2*17-,22-,30-/m111/s1. The van der Waals surface area contributed by atoms with Gasteiger partial charge >= 0.3 is 0 Å².